The van der Waals surface area contributed by atoms with E-state index in [0.29, 0.717) is 17.2 Å². The summed E-state index contributed by atoms with van der Waals surface area (Å²) in [4.78, 5) is 4.54. The van der Waals surface area contributed by atoms with E-state index in [1.54, 1.807) is 0 Å². The number of hydrogen-bond acceptors (Lipinski definition) is 4. The SMILES string of the molecule is CCCn1nc2c(N)nc3c(CC)cccc3c2c1N. The van der Waals surface area contributed by atoms with Crippen molar-refractivity contribution in [3.8, 4) is 0 Å². The van der Waals surface area contributed by atoms with E-state index >= 15 is 0 Å². The highest BCUT2D eigenvalue weighted by atomic mass is 15.3. The first kappa shape index (κ1) is 12.7. The van der Waals surface area contributed by atoms with E-state index in [9.17, 15) is 0 Å². The van der Waals surface area contributed by atoms with Gasteiger partial charge in [-0.15, -0.1) is 0 Å². The minimum absolute atomic E-state index is 0.454. The van der Waals surface area contributed by atoms with E-state index in [1.165, 1.54) is 5.56 Å². The Labute approximate surface area is 117 Å². The first-order valence-electron chi connectivity index (χ1n) is 7.00. The molecule has 3 rings (SSSR count). The van der Waals surface area contributed by atoms with Gasteiger partial charge in [-0.3, -0.25) is 0 Å². The molecule has 0 radical (unpaired) electrons. The van der Waals surface area contributed by atoms with Gasteiger partial charge in [0.2, 0.25) is 0 Å². The summed E-state index contributed by atoms with van der Waals surface area (Å²) in [5.74, 6) is 1.13. The van der Waals surface area contributed by atoms with Crippen LogP contribution in [-0.2, 0) is 13.0 Å². The normalized spacial score (nSPS) is 11.5. The van der Waals surface area contributed by atoms with E-state index in [1.807, 2.05) is 16.8 Å². The number of aryl methyl sites for hydroxylation is 2. The third kappa shape index (κ3) is 1.70. The minimum Gasteiger partial charge on any atom is -0.383 e. The zero-order valence-electron chi connectivity index (χ0n) is 11.8. The molecule has 20 heavy (non-hydrogen) atoms. The molecule has 3 aromatic rings. The van der Waals surface area contributed by atoms with Crippen molar-refractivity contribution in [2.24, 2.45) is 0 Å². The van der Waals surface area contributed by atoms with Gasteiger partial charge in [0.15, 0.2) is 5.82 Å². The van der Waals surface area contributed by atoms with Crippen molar-refractivity contribution in [3.05, 3.63) is 23.8 Å². The smallest absolute Gasteiger partial charge is 0.152 e. The molecule has 104 valence electrons. The molecule has 0 aliphatic carbocycles. The molecular formula is C15H19N5. The lowest BCUT2D eigenvalue weighted by Gasteiger charge is -2.06. The van der Waals surface area contributed by atoms with E-state index in [0.717, 1.165) is 35.7 Å². The lowest BCUT2D eigenvalue weighted by molar-refractivity contribution is 0.617. The molecule has 0 atom stereocenters. The molecule has 5 nitrogen and oxygen atoms in total. The number of para-hydroxylation sites is 1. The van der Waals surface area contributed by atoms with Crippen LogP contribution in [0.5, 0.6) is 0 Å². The average Bonchev–Trinajstić information content (AvgIpc) is 2.77. The summed E-state index contributed by atoms with van der Waals surface area (Å²) < 4.78 is 1.82. The predicted octanol–water partition coefficient (Wildman–Crippen LogP) is 2.72. The number of aromatic nitrogens is 3. The number of fused-ring (bicyclic) bond motifs is 3. The van der Waals surface area contributed by atoms with Crippen LogP contribution in [-0.4, -0.2) is 14.8 Å². The van der Waals surface area contributed by atoms with Crippen LogP contribution in [0, 0.1) is 0 Å². The van der Waals surface area contributed by atoms with Gasteiger partial charge in [0, 0.05) is 11.9 Å². The largest absolute Gasteiger partial charge is 0.383 e. The Balaban J connectivity index is 2.46. The molecule has 0 amide bonds. The first-order chi connectivity index (χ1) is 9.67. The Bertz CT molecular complexity index is 788. The van der Waals surface area contributed by atoms with Crippen LogP contribution in [0.15, 0.2) is 18.2 Å². The topological polar surface area (TPSA) is 82.8 Å². The molecule has 0 bridgehead atoms. The summed E-state index contributed by atoms with van der Waals surface area (Å²) in [7, 11) is 0. The molecule has 0 saturated carbocycles. The first-order valence-corrected chi connectivity index (χ1v) is 7.00. The Morgan fingerprint density at radius 1 is 1.15 bits per heavy atom. The summed E-state index contributed by atoms with van der Waals surface area (Å²) in [5.41, 5.74) is 15.2. The van der Waals surface area contributed by atoms with Crippen molar-refractivity contribution in [1.29, 1.82) is 0 Å². The zero-order chi connectivity index (χ0) is 14.3. The van der Waals surface area contributed by atoms with Gasteiger partial charge < -0.3 is 11.5 Å². The molecule has 0 saturated heterocycles. The highest BCUT2D eigenvalue weighted by molar-refractivity contribution is 6.13. The highest BCUT2D eigenvalue weighted by Gasteiger charge is 2.16. The molecule has 0 aliphatic rings. The standard InChI is InChI=1S/C15H19N5/c1-3-8-20-15(17)11-10-7-5-6-9(4-2)12(10)18-14(16)13(11)19-20/h5-7H,3-4,8,17H2,1-2H3,(H2,16,18). The molecule has 2 aromatic heterocycles. The maximum Gasteiger partial charge on any atom is 0.152 e. The molecule has 0 unspecified atom stereocenters. The van der Waals surface area contributed by atoms with Crippen molar-refractivity contribution in [1.82, 2.24) is 14.8 Å². The van der Waals surface area contributed by atoms with Gasteiger partial charge in [0.1, 0.15) is 11.3 Å². The van der Waals surface area contributed by atoms with Crippen LogP contribution in [0.3, 0.4) is 0 Å². The van der Waals surface area contributed by atoms with Gasteiger partial charge in [-0.05, 0) is 18.4 Å². The Morgan fingerprint density at radius 2 is 1.95 bits per heavy atom. The number of rotatable bonds is 3. The number of nitrogen functional groups attached to an aromatic ring is 2. The fourth-order valence-electron chi connectivity index (χ4n) is 2.69. The van der Waals surface area contributed by atoms with Crippen LogP contribution in [0.25, 0.3) is 21.8 Å². The Kier molecular flexibility index (Phi) is 2.97. The molecule has 5 heteroatoms. The van der Waals surface area contributed by atoms with Crippen molar-refractivity contribution in [2.75, 3.05) is 11.5 Å². The monoisotopic (exact) mass is 269 g/mol. The van der Waals surface area contributed by atoms with Crippen molar-refractivity contribution >= 4 is 33.4 Å². The van der Waals surface area contributed by atoms with Crippen LogP contribution < -0.4 is 11.5 Å². The molecule has 0 spiro atoms. The summed E-state index contributed by atoms with van der Waals surface area (Å²) in [6.07, 6.45) is 1.89. The van der Waals surface area contributed by atoms with Crippen LogP contribution in [0.4, 0.5) is 11.6 Å². The molecule has 2 heterocycles. The summed E-state index contributed by atoms with van der Waals surface area (Å²) in [6.45, 7) is 5.00. The maximum atomic E-state index is 6.27. The number of anilines is 2. The van der Waals surface area contributed by atoms with Crippen molar-refractivity contribution in [3.63, 3.8) is 0 Å². The second-order valence-corrected chi connectivity index (χ2v) is 5.00. The van der Waals surface area contributed by atoms with Gasteiger partial charge >= 0.3 is 0 Å². The maximum absolute atomic E-state index is 6.27. The number of hydrogen-bond donors (Lipinski definition) is 2. The number of nitrogens with two attached hydrogens (primary N) is 2. The molecule has 0 fully saturated rings. The molecular weight excluding hydrogens is 250 g/mol. The summed E-state index contributed by atoms with van der Waals surface area (Å²) in [5, 5.41) is 6.47. The summed E-state index contributed by atoms with van der Waals surface area (Å²) >= 11 is 0. The fourth-order valence-corrected chi connectivity index (χ4v) is 2.69. The number of nitrogens with zero attached hydrogens (tertiary/aromatic N) is 3. The van der Waals surface area contributed by atoms with Gasteiger partial charge in [0.05, 0.1) is 10.9 Å². The van der Waals surface area contributed by atoms with Gasteiger partial charge in [-0.2, -0.15) is 5.10 Å². The van der Waals surface area contributed by atoms with Gasteiger partial charge in [-0.1, -0.05) is 32.0 Å². The van der Waals surface area contributed by atoms with Gasteiger partial charge in [0.25, 0.3) is 0 Å². The third-order valence-corrected chi connectivity index (χ3v) is 3.67. The number of benzene rings is 1. The Hall–Kier alpha value is -2.30. The minimum atomic E-state index is 0.454. The second-order valence-electron chi connectivity index (χ2n) is 5.00. The van der Waals surface area contributed by atoms with E-state index in [2.05, 4.69) is 30.0 Å². The van der Waals surface area contributed by atoms with Gasteiger partial charge in [-0.25, -0.2) is 9.67 Å². The summed E-state index contributed by atoms with van der Waals surface area (Å²) in [6, 6.07) is 6.15. The second kappa shape index (κ2) is 4.67. The quantitative estimate of drug-likeness (QED) is 0.765. The molecule has 0 aliphatic heterocycles. The van der Waals surface area contributed by atoms with Crippen LogP contribution in [0.1, 0.15) is 25.8 Å². The van der Waals surface area contributed by atoms with Crippen LogP contribution >= 0.6 is 0 Å². The van der Waals surface area contributed by atoms with E-state index in [-0.39, 0.29) is 0 Å². The lowest BCUT2D eigenvalue weighted by Crippen LogP contribution is -2.03. The van der Waals surface area contributed by atoms with Crippen LogP contribution in [0.2, 0.25) is 0 Å². The van der Waals surface area contributed by atoms with Crippen molar-refractivity contribution < 1.29 is 0 Å². The predicted molar refractivity (Wildman–Crippen MR) is 83.5 cm³/mol. The lowest BCUT2D eigenvalue weighted by atomic mass is 10.0. The van der Waals surface area contributed by atoms with E-state index in [4.69, 9.17) is 11.5 Å². The fraction of sp³-hybridized carbons (Fsp3) is 0.333. The third-order valence-electron chi connectivity index (χ3n) is 3.67. The molecule has 4 N–H and O–H groups in total. The Morgan fingerprint density at radius 3 is 2.65 bits per heavy atom. The van der Waals surface area contributed by atoms with E-state index < -0.39 is 0 Å². The highest BCUT2D eigenvalue weighted by Crippen LogP contribution is 2.33. The zero-order valence-corrected chi connectivity index (χ0v) is 11.8. The molecule has 1 aromatic carbocycles. The van der Waals surface area contributed by atoms with Crippen molar-refractivity contribution in [2.45, 2.75) is 33.2 Å². The average molecular weight is 269 g/mol. The number of pyridine rings is 1.